The summed E-state index contributed by atoms with van der Waals surface area (Å²) in [6.45, 7) is 3.93. The lowest BCUT2D eigenvalue weighted by molar-refractivity contribution is -0.120. The van der Waals surface area contributed by atoms with E-state index in [0.29, 0.717) is 24.4 Å². The van der Waals surface area contributed by atoms with E-state index in [2.05, 4.69) is 15.3 Å². The molecule has 1 aromatic heterocycles. The number of nitrogens with one attached hydrogen (secondary N) is 1. The zero-order chi connectivity index (χ0) is 17.1. The lowest BCUT2D eigenvalue weighted by atomic mass is 9.65. The fourth-order valence-electron chi connectivity index (χ4n) is 3.49. The number of fused-ring (bicyclic) bond motifs is 2. The van der Waals surface area contributed by atoms with Crippen molar-refractivity contribution in [1.82, 2.24) is 15.3 Å². The van der Waals surface area contributed by atoms with E-state index in [9.17, 15) is 14.4 Å². The minimum atomic E-state index is -1.08. The van der Waals surface area contributed by atoms with Gasteiger partial charge >= 0.3 is 0 Å². The van der Waals surface area contributed by atoms with Gasteiger partial charge in [-0.3, -0.25) is 14.4 Å². The van der Waals surface area contributed by atoms with Gasteiger partial charge in [-0.1, -0.05) is 18.2 Å². The van der Waals surface area contributed by atoms with E-state index in [1.807, 2.05) is 0 Å². The first-order chi connectivity index (χ1) is 11.5. The van der Waals surface area contributed by atoms with Gasteiger partial charge in [0.25, 0.3) is 0 Å². The van der Waals surface area contributed by atoms with Crippen LogP contribution in [0, 0.1) is 19.3 Å². The van der Waals surface area contributed by atoms with Gasteiger partial charge in [0.15, 0.2) is 5.78 Å². The number of carbonyl (C=O) groups is 3. The van der Waals surface area contributed by atoms with Crippen LogP contribution in [-0.2, 0) is 4.79 Å². The molecule has 0 fully saturated rings. The smallest absolute Gasteiger partial charge is 0.229 e. The third kappa shape index (κ3) is 1.73. The molecule has 0 saturated heterocycles. The number of aromatic nitrogens is 2. The van der Waals surface area contributed by atoms with E-state index in [0.717, 1.165) is 0 Å². The van der Waals surface area contributed by atoms with Gasteiger partial charge in [0.1, 0.15) is 11.4 Å². The Labute approximate surface area is 138 Å². The quantitative estimate of drug-likeness (QED) is 0.777. The number of hydrogen-bond donors (Lipinski definition) is 1. The molecule has 6 nitrogen and oxygen atoms in total. The standard InChI is InChI=1S/C18H15N3O3/c1-9-10(2)21-15-14(20-9)16(23)12-13(17(15)24)19-8-7-18(12)6-4-3-5-11(18)22/h3-6,19H,7-8H2,1-2H3. The highest BCUT2D eigenvalue weighted by Crippen LogP contribution is 2.44. The highest BCUT2D eigenvalue weighted by Gasteiger charge is 2.50. The zero-order valence-electron chi connectivity index (χ0n) is 13.3. The van der Waals surface area contributed by atoms with Crippen LogP contribution in [0.1, 0.15) is 38.8 Å². The molecule has 24 heavy (non-hydrogen) atoms. The molecule has 0 bridgehead atoms. The summed E-state index contributed by atoms with van der Waals surface area (Å²) in [4.78, 5) is 47.1. The van der Waals surface area contributed by atoms with Gasteiger partial charge in [-0.15, -0.1) is 0 Å². The van der Waals surface area contributed by atoms with E-state index in [4.69, 9.17) is 0 Å². The van der Waals surface area contributed by atoms with Crippen molar-refractivity contribution in [2.45, 2.75) is 20.3 Å². The minimum Gasteiger partial charge on any atom is -0.381 e. The van der Waals surface area contributed by atoms with E-state index >= 15 is 0 Å². The van der Waals surface area contributed by atoms with Gasteiger partial charge in [0.2, 0.25) is 11.6 Å². The molecule has 0 amide bonds. The molecule has 0 aromatic carbocycles. The Morgan fingerprint density at radius 2 is 1.67 bits per heavy atom. The SMILES string of the molecule is Cc1nc2c(nc1C)C(=O)C1=C(NCCC13C=CC=CC3=O)C2=O. The molecule has 6 heteroatoms. The summed E-state index contributed by atoms with van der Waals surface area (Å²) < 4.78 is 0. The van der Waals surface area contributed by atoms with Crippen LogP contribution in [0.2, 0.25) is 0 Å². The van der Waals surface area contributed by atoms with Gasteiger partial charge in [-0.05, 0) is 26.3 Å². The Kier molecular flexibility index (Phi) is 2.94. The second-order valence-electron chi connectivity index (χ2n) is 6.23. The van der Waals surface area contributed by atoms with Crippen molar-refractivity contribution in [1.29, 1.82) is 0 Å². The maximum Gasteiger partial charge on any atom is 0.229 e. The van der Waals surface area contributed by atoms with Gasteiger partial charge < -0.3 is 5.32 Å². The Hall–Kier alpha value is -2.89. The molecule has 0 saturated carbocycles. The summed E-state index contributed by atoms with van der Waals surface area (Å²) in [5, 5.41) is 3.00. The molecule has 2 heterocycles. The van der Waals surface area contributed by atoms with Crippen LogP contribution >= 0.6 is 0 Å². The minimum absolute atomic E-state index is 0.0423. The van der Waals surface area contributed by atoms with Crippen molar-refractivity contribution in [3.05, 3.63) is 58.3 Å². The first-order valence-electron chi connectivity index (χ1n) is 7.79. The van der Waals surface area contributed by atoms with E-state index in [1.165, 1.54) is 6.08 Å². The molecule has 2 aliphatic carbocycles. The van der Waals surface area contributed by atoms with Crippen molar-refractivity contribution >= 4 is 17.3 Å². The summed E-state index contributed by atoms with van der Waals surface area (Å²) >= 11 is 0. The third-order valence-corrected chi connectivity index (χ3v) is 4.89. The number of hydrogen-bond acceptors (Lipinski definition) is 6. The van der Waals surface area contributed by atoms with Crippen molar-refractivity contribution < 1.29 is 14.4 Å². The lowest BCUT2D eigenvalue weighted by Crippen LogP contribution is -2.48. The number of Topliss-reactive ketones (excluding diaryl/α,β-unsaturated/α-hetero) is 2. The summed E-state index contributed by atoms with van der Waals surface area (Å²) in [7, 11) is 0. The summed E-state index contributed by atoms with van der Waals surface area (Å²) in [5.41, 5.74) is 0.623. The fourth-order valence-corrected chi connectivity index (χ4v) is 3.49. The van der Waals surface area contributed by atoms with Crippen LogP contribution in [0.3, 0.4) is 0 Å². The van der Waals surface area contributed by atoms with Crippen LogP contribution < -0.4 is 5.32 Å². The lowest BCUT2D eigenvalue weighted by Gasteiger charge is -2.38. The van der Waals surface area contributed by atoms with Gasteiger partial charge in [0, 0.05) is 12.1 Å². The summed E-state index contributed by atoms with van der Waals surface area (Å²) in [6.07, 6.45) is 6.99. The fraction of sp³-hybridized carbons (Fsp3) is 0.278. The van der Waals surface area contributed by atoms with E-state index in [-0.39, 0.29) is 34.2 Å². The Bertz CT molecular complexity index is 924. The number of rotatable bonds is 0. The van der Waals surface area contributed by atoms with Crippen molar-refractivity contribution in [3.63, 3.8) is 0 Å². The first-order valence-corrected chi connectivity index (χ1v) is 7.79. The van der Waals surface area contributed by atoms with E-state index < -0.39 is 11.2 Å². The Morgan fingerprint density at radius 3 is 2.33 bits per heavy atom. The summed E-state index contributed by atoms with van der Waals surface area (Å²) in [5.74, 6) is -0.943. The number of aryl methyl sites for hydroxylation is 2. The molecule has 0 radical (unpaired) electrons. The van der Waals surface area contributed by atoms with Crippen LogP contribution in [0.4, 0.5) is 0 Å². The van der Waals surface area contributed by atoms with Crippen LogP contribution in [0.15, 0.2) is 35.6 Å². The highest BCUT2D eigenvalue weighted by atomic mass is 16.1. The number of nitrogens with zero attached hydrogens (tertiary/aromatic N) is 2. The normalized spacial score (nSPS) is 25.0. The molecule has 1 aliphatic heterocycles. The average Bonchev–Trinajstić information content (AvgIpc) is 2.57. The Morgan fingerprint density at radius 1 is 1.00 bits per heavy atom. The molecular weight excluding hydrogens is 306 g/mol. The maximum atomic E-state index is 13.1. The summed E-state index contributed by atoms with van der Waals surface area (Å²) in [6, 6.07) is 0. The number of carbonyl (C=O) groups excluding carboxylic acids is 3. The molecule has 3 aliphatic rings. The topological polar surface area (TPSA) is 89.0 Å². The highest BCUT2D eigenvalue weighted by molar-refractivity contribution is 6.28. The molecule has 4 rings (SSSR count). The Balaban J connectivity index is 1.99. The van der Waals surface area contributed by atoms with Crippen LogP contribution in [0.25, 0.3) is 0 Å². The second-order valence-corrected chi connectivity index (χ2v) is 6.23. The predicted octanol–water partition coefficient (Wildman–Crippen LogP) is 1.40. The monoisotopic (exact) mass is 321 g/mol. The molecule has 1 unspecified atom stereocenters. The molecule has 120 valence electrons. The zero-order valence-corrected chi connectivity index (χ0v) is 13.3. The predicted molar refractivity (Wildman–Crippen MR) is 85.5 cm³/mol. The number of allylic oxidation sites excluding steroid dienone is 6. The maximum absolute atomic E-state index is 13.1. The molecule has 1 spiro atoms. The largest absolute Gasteiger partial charge is 0.381 e. The third-order valence-electron chi connectivity index (χ3n) is 4.89. The van der Waals surface area contributed by atoms with Gasteiger partial charge in [-0.2, -0.15) is 0 Å². The van der Waals surface area contributed by atoms with Crippen molar-refractivity contribution in [3.8, 4) is 0 Å². The molecule has 1 aromatic rings. The molecule has 1 N–H and O–H groups in total. The van der Waals surface area contributed by atoms with Gasteiger partial charge in [-0.25, -0.2) is 9.97 Å². The van der Waals surface area contributed by atoms with E-state index in [1.54, 1.807) is 32.1 Å². The second kappa shape index (κ2) is 4.80. The first kappa shape index (κ1) is 14.7. The average molecular weight is 321 g/mol. The van der Waals surface area contributed by atoms with Crippen molar-refractivity contribution in [2.24, 2.45) is 5.41 Å². The molecular formula is C18H15N3O3. The van der Waals surface area contributed by atoms with Crippen LogP contribution in [0.5, 0.6) is 0 Å². The molecule has 1 atom stereocenters. The number of ketones is 3. The van der Waals surface area contributed by atoms with Crippen LogP contribution in [-0.4, -0.2) is 33.9 Å². The van der Waals surface area contributed by atoms with Crippen molar-refractivity contribution in [2.75, 3.05) is 6.54 Å². The van der Waals surface area contributed by atoms with Gasteiger partial charge in [0.05, 0.1) is 22.5 Å².